The first-order valence-electron chi connectivity index (χ1n) is 9.96. The van der Waals surface area contributed by atoms with Gasteiger partial charge >= 0.3 is 0 Å². The Morgan fingerprint density at radius 2 is 1.73 bits per heavy atom. The number of fused-ring (bicyclic) bond motifs is 1. The van der Waals surface area contributed by atoms with Crippen LogP contribution in [-0.4, -0.2) is 48.1 Å². The third-order valence-electron chi connectivity index (χ3n) is 5.86. The zero-order valence-corrected chi connectivity index (χ0v) is 17.3. The smallest absolute Gasteiger partial charge is 0.269 e. The Morgan fingerprint density at radius 1 is 1.03 bits per heavy atom. The van der Waals surface area contributed by atoms with Gasteiger partial charge in [-0.3, -0.25) is 14.9 Å². The molecule has 0 aromatic heterocycles. The van der Waals surface area contributed by atoms with E-state index in [1.807, 2.05) is 23.1 Å². The number of piperidine rings is 1. The summed E-state index contributed by atoms with van der Waals surface area (Å²) in [6.45, 7) is 1.67. The van der Waals surface area contributed by atoms with Gasteiger partial charge in [0.25, 0.3) is 5.69 Å². The van der Waals surface area contributed by atoms with E-state index in [0.717, 1.165) is 12.0 Å². The molecule has 0 spiro atoms. The second kappa shape index (κ2) is 8.16. The molecule has 1 atom stereocenters. The van der Waals surface area contributed by atoms with Crippen LogP contribution in [0.3, 0.4) is 0 Å². The number of hydrogen-bond acceptors (Lipinski definition) is 5. The Balaban J connectivity index is 1.47. The second-order valence-corrected chi connectivity index (χ2v) is 9.67. The number of nitrogens with zero attached hydrogens (tertiary/aromatic N) is 3. The number of nitro groups is 1. The molecule has 0 saturated carbocycles. The molecular formula is C21H23N3O5S. The maximum atomic E-state index is 13.1. The van der Waals surface area contributed by atoms with Crippen LogP contribution in [0.25, 0.3) is 0 Å². The first kappa shape index (κ1) is 20.5. The van der Waals surface area contributed by atoms with Crippen LogP contribution in [0.15, 0.2) is 53.4 Å². The molecule has 30 heavy (non-hydrogen) atoms. The summed E-state index contributed by atoms with van der Waals surface area (Å²) in [4.78, 5) is 25.2. The van der Waals surface area contributed by atoms with Crippen LogP contribution in [0.2, 0.25) is 0 Å². The molecule has 0 N–H and O–H groups in total. The van der Waals surface area contributed by atoms with E-state index in [2.05, 4.69) is 6.07 Å². The standard InChI is InChI=1S/C21H23N3O5S/c25-21(22-13-11-16-4-1-2-5-17(16)14-22)18-6-3-12-23(15-18)30(28,29)20-9-7-19(8-10-20)24(26)27/h1-2,4-5,7-10,18H,3,6,11-15H2. The Kier molecular flexibility index (Phi) is 5.57. The highest BCUT2D eigenvalue weighted by atomic mass is 32.2. The van der Waals surface area contributed by atoms with Gasteiger partial charge in [0.15, 0.2) is 0 Å². The Morgan fingerprint density at radius 3 is 2.43 bits per heavy atom. The SMILES string of the molecule is O=C(C1CCCN(S(=O)(=O)c2ccc([N+](=O)[O-])cc2)C1)N1CCc2ccccc2C1. The van der Waals surface area contributed by atoms with E-state index in [0.29, 0.717) is 32.5 Å². The third kappa shape index (κ3) is 3.95. The molecule has 2 heterocycles. The van der Waals surface area contributed by atoms with Crippen molar-refractivity contribution in [1.82, 2.24) is 9.21 Å². The molecular weight excluding hydrogens is 406 g/mol. The highest BCUT2D eigenvalue weighted by Gasteiger charge is 2.36. The van der Waals surface area contributed by atoms with Crippen molar-refractivity contribution in [3.8, 4) is 0 Å². The van der Waals surface area contributed by atoms with Crippen LogP contribution >= 0.6 is 0 Å². The predicted molar refractivity (Wildman–Crippen MR) is 110 cm³/mol. The van der Waals surface area contributed by atoms with Crippen molar-refractivity contribution < 1.29 is 18.1 Å². The van der Waals surface area contributed by atoms with Crippen molar-refractivity contribution in [1.29, 1.82) is 0 Å². The molecule has 158 valence electrons. The minimum atomic E-state index is -3.81. The summed E-state index contributed by atoms with van der Waals surface area (Å²) >= 11 is 0. The van der Waals surface area contributed by atoms with E-state index in [4.69, 9.17) is 0 Å². The van der Waals surface area contributed by atoms with Gasteiger partial charge in [-0.15, -0.1) is 0 Å². The Bertz CT molecular complexity index is 1070. The molecule has 9 heteroatoms. The highest BCUT2D eigenvalue weighted by molar-refractivity contribution is 7.89. The van der Waals surface area contributed by atoms with Gasteiger partial charge in [0, 0.05) is 38.3 Å². The number of hydrogen-bond donors (Lipinski definition) is 0. The van der Waals surface area contributed by atoms with E-state index in [9.17, 15) is 23.3 Å². The lowest BCUT2D eigenvalue weighted by Crippen LogP contribution is -2.47. The molecule has 2 aliphatic rings. The summed E-state index contributed by atoms with van der Waals surface area (Å²) in [5, 5.41) is 10.8. The third-order valence-corrected chi connectivity index (χ3v) is 7.74. The number of non-ortho nitro benzene ring substituents is 1. The summed E-state index contributed by atoms with van der Waals surface area (Å²) in [5.74, 6) is -0.384. The molecule has 0 aliphatic carbocycles. The van der Waals surface area contributed by atoms with Crippen LogP contribution in [-0.2, 0) is 27.8 Å². The lowest BCUT2D eigenvalue weighted by molar-refractivity contribution is -0.384. The van der Waals surface area contributed by atoms with Crippen LogP contribution in [0.1, 0.15) is 24.0 Å². The molecule has 0 radical (unpaired) electrons. The number of sulfonamides is 1. The van der Waals surface area contributed by atoms with Crippen LogP contribution in [0.4, 0.5) is 5.69 Å². The normalized spacial score (nSPS) is 19.9. The van der Waals surface area contributed by atoms with Crippen molar-refractivity contribution in [3.05, 3.63) is 69.8 Å². The van der Waals surface area contributed by atoms with E-state index in [1.54, 1.807) is 0 Å². The summed E-state index contributed by atoms with van der Waals surface area (Å²) in [7, 11) is -3.81. The van der Waals surface area contributed by atoms with E-state index in [-0.39, 0.29) is 29.0 Å². The molecule has 2 aliphatic heterocycles. The van der Waals surface area contributed by atoms with Gasteiger partial charge in [-0.05, 0) is 42.5 Å². The maximum absolute atomic E-state index is 13.1. The summed E-state index contributed by atoms with van der Waals surface area (Å²) in [6, 6.07) is 12.9. The van der Waals surface area contributed by atoms with E-state index >= 15 is 0 Å². The van der Waals surface area contributed by atoms with Gasteiger partial charge in [0.2, 0.25) is 15.9 Å². The molecule has 0 bridgehead atoms. The van der Waals surface area contributed by atoms with Crippen molar-refractivity contribution in [2.45, 2.75) is 30.7 Å². The predicted octanol–water partition coefficient (Wildman–Crippen LogP) is 2.58. The van der Waals surface area contributed by atoms with E-state index in [1.165, 1.54) is 34.1 Å². The van der Waals surface area contributed by atoms with Crippen LogP contribution in [0.5, 0.6) is 0 Å². The highest BCUT2D eigenvalue weighted by Crippen LogP contribution is 2.28. The second-order valence-electron chi connectivity index (χ2n) is 7.73. The molecule has 8 nitrogen and oxygen atoms in total. The fourth-order valence-corrected chi connectivity index (χ4v) is 5.72. The molecule has 4 rings (SSSR count). The van der Waals surface area contributed by atoms with Gasteiger partial charge in [0.1, 0.15) is 0 Å². The fraction of sp³-hybridized carbons (Fsp3) is 0.381. The van der Waals surface area contributed by atoms with Gasteiger partial charge < -0.3 is 4.90 Å². The number of nitro benzene ring substituents is 1. The maximum Gasteiger partial charge on any atom is 0.269 e. The number of carbonyl (C=O) groups excluding carboxylic acids is 1. The number of carbonyl (C=O) groups is 1. The number of rotatable bonds is 4. The van der Waals surface area contributed by atoms with Crippen molar-refractivity contribution in [3.63, 3.8) is 0 Å². The lowest BCUT2D eigenvalue weighted by Gasteiger charge is -2.36. The van der Waals surface area contributed by atoms with Gasteiger partial charge in [0.05, 0.1) is 15.7 Å². The average Bonchev–Trinajstić information content (AvgIpc) is 2.78. The quantitative estimate of drug-likeness (QED) is 0.549. The molecule has 1 unspecified atom stereocenters. The van der Waals surface area contributed by atoms with Crippen molar-refractivity contribution >= 4 is 21.6 Å². The van der Waals surface area contributed by atoms with Gasteiger partial charge in [-0.2, -0.15) is 4.31 Å². The van der Waals surface area contributed by atoms with Crippen LogP contribution in [0, 0.1) is 16.0 Å². The van der Waals surface area contributed by atoms with Crippen molar-refractivity contribution in [2.75, 3.05) is 19.6 Å². The summed E-state index contributed by atoms with van der Waals surface area (Å²) in [6.07, 6.45) is 2.07. The topological polar surface area (TPSA) is 101 Å². The molecule has 1 saturated heterocycles. The van der Waals surface area contributed by atoms with Crippen LogP contribution < -0.4 is 0 Å². The Labute approximate surface area is 175 Å². The van der Waals surface area contributed by atoms with Crippen molar-refractivity contribution in [2.24, 2.45) is 5.92 Å². The first-order chi connectivity index (χ1) is 14.4. The summed E-state index contributed by atoms with van der Waals surface area (Å²) < 4.78 is 27.3. The minimum absolute atomic E-state index is 0.00639. The van der Waals surface area contributed by atoms with Gasteiger partial charge in [-0.1, -0.05) is 24.3 Å². The fourth-order valence-electron chi connectivity index (χ4n) is 4.19. The van der Waals surface area contributed by atoms with E-state index < -0.39 is 14.9 Å². The largest absolute Gasteiger partial charge is 0.338 e. The lowest BCUT2D eigenvalue weighted by atomic mass is 9.95. The molecule has 1 amide bonds. The summed E-state index contributed by atoms with van der Waals surface area (Å²) in [5.41, 5.74) is 2.24. The Hall–Kier alpha value is -2.78. The molecule has 2 aromatic carbocycles. The number of benzene rings is 2. The first-order valence-corrected chi connectivity index (χ1v) is 11.4. The zero-order valence-electron chi connectivity index (χ0n) is 16.4. The molecule has 2 aromatic rings. The number of amides is 1. The minimum Gasteiger partial charge on any atom is -0.338 e. The zero-order chi connectivity index (χ0) is 21.3. The average molecular weight is 429 g/mol. The molecule has 1 fully saturated rings. The van der Waals surface area contributed by atoms with Gasteiger partial charge in [-0.25, -0.2) is 8.42 Å². The monoisotopic (exact) mass is 429 g/mol.